The van der Waals surface area contributed by atoms with E-state index in [1.165, 1.54) is 0 Å². The van der Waals surface area contributed by atoms with Gasteiger partial charge in [0, 0.05) is 75.0 Å². The van der Waals surface area contributed by atoms with Crippen molar-refractivity contribution < 1.29 is 14.4 Å². The number of benzene rings is 2. The Kier molecular flexibility index (Phi) is 11.8. The molecular weight excluding hydrogens is 636 g/mol. The van der Waals surface area contributed by atoms with Crippen molar-refractivity contribution >= 4 is 57.2 Å². The van der Waals surface area contributed by atoms with Gasteiger partial charge in [0.2, 0.25) is 5.78 Å². The van der Waals surface area contributed by atoms with Crippen LogP contribution >= 0.6 is 0 Å². The largest absolute Gasteiger partial charge is 0.439 e. The standard InChI is InChI=1S/C36H44N6O5.K/c1-6-10-30-29(21-23-13-15-24(16-14-23)27-11-8-9-12-28(27)32-38-35(44)47-40-32)33(43)41(34-37-22(3)39-42(30)34)25-17-19-26(20-18-25)46-31(7-2)36(4,5)45;/h8-9,11-16,25-26,31,45H,6-7,10,17-21H2,1-5H3,(H,38,40,44);. The average molecular weight is 680 g/mol. The summed E-state index contributed by atoms with van der Waals surface area (Å²) in [5.41, 5.74) is 4.36. The fraction of sp³-hybridized carbons (Fsp3) is 0.472. The van der Waals surface area contributed by atoms with Gasteiger partial charge < -0.3 is 9.84 Å². The molecule has 5 aromatic rings. The number of aliphatic hydroxyl groups is 1. The smallest absolute Gasteiger partial charge is 0.388 e. The summed E-state index contributed by atoms with van der Waals surface area (Å²) in [6.45, 7) is 9.60. The molecule has 3 aromatic heterocycles. The topological polar surface area (TPSA) is 141 Å². The monoisotopic (exact) mass is 679 g/mol. The first-order chi connectivity index (χ1) is 22.6. The third-order valence-corrected chi connectivity index (χ3v) is 9.27. The molecule has 1 unspecified atom stereocenters. The Morgan fingerprint density at radius 2 is 1.73 bits per heavy atom. The zero-order chi connectivity index (χ0) is 33.3. The van der Waals surface area contributed by atoms with Gasteiger partial charge in [-0.25, -0.2) is 9.31 Å². The van der Waals surface area contributed by atoms with E-state index in [2.05, 4.69) is 17.1 Å². The maximum atomic E-state index is 14.5. The Balaban J connectivity index is 0.00000451. The predicted octanol–water partition coefficient (Wildman–Crippen LogP) is 5.42. The van der Waals surface area contributed by atoms with Gasteiger partial charge in [-0.15, -0.1) is 0 Å². The first kappa shape index (κ1) is 36.6. The number of nitrogens with zero attached hydrogens (tertiary/aromatic N) is 5. The van der Waals surface area contributed by atoms with E-state index in [0.717, 1.165) is 72.0 Å². The average Bonchev–Trinajstić information content (AvgIpc) is 3.67. The second-order valence-corrected chi connectivity index (χ2v) is 13.2. The molecule has 6 rings (SSSR count). The third-order valence-electron chi connectivity index (χ3n) is 9.27. The molecule has 1 fully saturated rings. The molecule has 249 valence electrons. The summed E-state index contributed by atoms with van der Waals surface area (Å²) in [6, 6.07) is 15.8. The summed E-state index contributed by atoms with van der Waals surface area (Å²) >= 11 is 0. The van der Waals surface area contributed by atoms with Crippen LogP contribution in [0.3, 0.4) is 0 Å². The van der Waals surface area contributed by atoms with Crippen molar-refractivity contribution in [3.05, 3.63) is 92.1 Å². The molecule has 1 atom stereocenters. The van der Waals surface area contributed by atoms with Crippen LogP contribution in [0.15, 0.2) is 62.6 Å². The molecule has 12 heteroatoms. The van der Waals surface area contributed by atoms with Crippen molar-refractivity contribution in [2.24, 2.45) is 0 Å². The van der Waals surface area contributed by atoms with E-state index in [9.17, 15) is 14.7 Å². The van der Waals surface area contributed by atoms with Crippen LogP contribution in [-0.2, 0) is 17.6 Å². The fourth-order valence-electron chi connectivity index (χ4n) is 6.96. The number of ether oxygens (including phenoxy) is 1. The first-order valence-electron chi connectivity index (χ1n) is 16.7. The molecule has 0 saturated heterocycles. The van der Waals surface area contributed by atoms with E-state index in [1.54, 1.807) is 13.8 Å². The molecular formula is C36H44KN6O5. The molecule has 0 aliphatic heterocycles. The Morgan fingerprint density at radius 1 is 1.04 bits per heavy atom. The minimum Gasteiger partial charge on any atom is -0.388 e. The number of hydrogen-bond donors (Lipinski definition) is 2. The van der Waals surface area contributed by atoms with E-state index >= 15 is 0 Å². The van der Waals surface area contributed by atoms with Gasteiger partial charge in [-0.05, 0) is 76.0 Å². The Morgan fingerprint density at radius 3 is 2.33 bits per heavy atom. The predicted molar refractivity (Wildman–Crippen MR) is 185 cm³/mol. The number of aromatic nitrogens is 6. The third kappa shape index (κ3) is 7.70. The van der Waals surface area contributed by atoms with Crippen LogP contribution in [-0.4, -0.2) is 104 Å². The van der Waals surface area contributed by atoms with Gasteiger partial charge >= 0.3 is 5.76 Å². The minimum atomic E-state index is -0.906. The number of H-pyrrole nitrogens is 1. The van der Waals surface area contributed by atoms with Crippen LogP contribution in [0.4, 0.5) is 0 Å². The van der Waals surface area contributed by atoms with Gasteiger partial charge in [0.25, 0.3) is 5.56 Å². The second kappa shape index (κ2) is 15.4. The molecule has 1 saturated carbocycles. The summed E-state index contributed by atoms with van der Waals surface area (Å²) in [5, 5.41) is 19.2. The van der Waals surface area contributed by atoms with Gasteiger partial charge in [0.1, 0.15) is 5.82 Å². The number of aromatic amines is 1. The summed E-state index contributed by atoms with van der Waals surface area (Å²) in [6.07, 6.45) is 5.77. The number of fused-ring (bicyclic) bond motifs is 1. The van der Waals surface area contributed by atoms with Gasteiger partial charge in [0.15, 0.2) is 5.82 Å². The minimum absolute atomic E-state index is 0. The quantitative estimate of drug-likeness (QED) is 0.176. The normalized spacial score (nSPS) is 17.4. The Bertz CT molecular complexity index is 1960. The molecule has 11 nitrogen and oxygen atoms in total. The summed E-state index contributed by atoms with van der Waals surface area (Å²) in [4.78, 5) is 33.5. The maximum Gasteiger partial charge on any atom is 0.439 e. The van der Waals surface area contributed by atoms with E-state index < -0.39 is 11.4 Å². The van der Waals surface area contributed by atoms with E-state index in [1.807, 2.05) is 71.5 Å². The molecule has 0 bridgehead atoms. The van der Waals surface area contributed by atoms with Crippen LogP contribution in [0.25, 0.3) is 28.3 Å². The zero-order valence-corrected chi connectivity index (χ0v) is 31.9. The van der Waals surface area contributed by atoms with Crippen molar-refractivity contribution in [3.63, 3.8) is 0 Å². The molecule has 1 aliphatic carbocycles. The first-order valence-corrected chi connectivity index (χ1v) is 16.7. The summed E-state index contributed by atoms with van der Waals surface area (Å²) in [5.74, 6) is 1.01. The van der Waals surface area contributed by atoms with Crippen molar-refractivity contribution in [1.82, 2.24) is 29.3 Å². The molecule has 0 spiro atoms. The number of hydrogen-bond acceptors (Lipinski definition) is 8. The Labute approximate surface area is 322 Å². The van der Waals surface area contributed by atoms with Gasteiger partial charge in [-0.2, -0.15) is 10.1 Å². The number of rotatable bonds is 11. The van der Waals surface area contributed by atoms with E-state index in [-0.39, 0.29) is 75.2 Å². The van der Waals surface area contributed by atoms with Crippen LogP contribution in [0, 0.1) is 6.92 Å². The summed E-state index contributed by atoms with van der Waals surface area (Å²) < 4.78 is 14.9. The maximum absolute atomic E-state index is 14.5. The van der Waals surface area contributed by atoms with Crippen LogP contribution < -0.4 is 11.3 Å². The van der Waals surface area contributed by atoms with Crippen molar-refractivity contribution in [1.29, 1.82) is 0 Å². The van der Waals surface area contributed by atoms with Crippen LogP contribution in [0.5, 0.6) is 0 Å². The SMILES string of the molecule is CCCc1c(Cc2ccc(-c3ccccc3-c3noc(=O)[nH]3)cc2)c(=O)n(C2CCC(OC(CC)C(C)(C)O)CC2)c2nc(C)nn12.[K]. The van der Waals surface area contributed by atoms with Crippen molar-refractivity contribution in [2.45, 2.75) is 110 Å². The molecule has 2 N–H and O–H groups in total. The van der Waals surface area contributed by atoms with Gasteiger partial charge in [-0.1, -0.05) is 74.0 Å². The molecule has 1 radical (unpaired) electrons. The number of aryl methyl sites for hydroxylation is 2. The Hall–Kier alpha value is -2.71. The van der Waals surface area contributed by atoms with Crippen LogP contribution in [0.1, 0.15) is 94.9 Å². The van der Waals surface area contributed by atoms with Gasteiger partial charge in [-0.3, -0.25) is 18.9 Å². The molecule has 1 aliphatic rings. The zero-order valence-electron chi connectivity index (χ0n) is 28.8. The second-order valence-electron chi connectivity index (χ2n) is 13.2. The van der Waals surface area contributed by atoms with Crippen molar-refractivity contribution in [3.8, 4) is 22.5 Å². The fourth-order valence-corrected chi connectivity index (χ4v) is 6.96. The number of nitrogens with one attached hydrogen (secondary N) is 1. The molecule has 2 aromatic carbocycles. The van der Waals surface area contributed by atoms with E-state index in [0.29, 0.717) is 30.3 Å². The van der Waals surface area contributed by atoms with Crippen LogP contribution in [0.2, 0.25) is 0 Å². The molecule has 48 heavy (non-hydrogen) atoms. The van der Waals surface area contributed by atoms with Crippen molar-refractivity contribution in [2.75, 3.05) is 0 Å². The van der Waals surface area contributed by atoms with Gasteiger partial charge in [0.05, 0.1) is 23.5 Å². The van der Waals surface area contributed by atoms with E-state index in [4.69, 9.17) is 19.3 Å². The summed E-state index contributed by atoms with van der Waals surface area (Å²) in [7, 11) is 0. The molecule has 0 amide bonds. The molecule has 3 heterocycles.